The van der Waals surface area contributed by atoms with Crippen LogP contribution in [0.5, 0.6) is 0 Å². The summed E-state index contributed by atoms with van der Waals surface area (Å²) in [6.07, 6.45) is 0.325. The Morgan fingerprint density at radius 2 is 2.17 bits per heavy atom. The molecule has 18 heavy (non-hydrogen) atoms. The van der Waals surface area contributed by atoms with E-state index in [1.165, 1.54) is 6.07 Å². The molecule has 0 bridgehead atoms. The van der Waals surface area contributed by atoms with E-state index in [4.69, 9.17) is 9.63 Å². The molecule has 0 spiro atoms. The number of hydrogen-bond acceptors (Lipinski definition) is 4. The third-order valence-corrected chi connectivity index (χ3v) is 2.67. The lowest BCUT2D eigenvalue weighted by Gasteiger charge is -2.07. The standard InChI is InChI=1S/C13H15FN2O2/c1-8(2)10-7-9(3-4-11(10)14)13-15-12(5-6-17)18-16-13/h3-4,7-8,17H,5-6H2,1-2H3. The molecule has 1 heterocycles. The molecule has 0 saturated heterocycles. The first-order valence-corrected chi connectivity index (χ1v) is 5.85. The molecule has 0 amide bonds. The Morgan fingerprint density at radius 1 is 1.39 bits per heavy atom. The molecule has 0 fully saturated rings. The summed E-state index contributed by atoms with van der Waals surface area (Å²) in [5.74, 6) is 0.657. The van der Waals surface area contributed by atoms with E-state index in [-0.39, 0.29) is 18.3 Å². The summed E-state index contributed by atoms with van der Waals surface area (Å²) in [4.78, 5) is 4.14. The predicted octanol–water partition coefficient (Wildman–Crippen LogP) is 2.53. The van der Waals surface area contributed by atoms with E-state index >= 15 is 0 Å². The molecule has 1 N–H and O–H groups in total. The summed E-state index contributed by atoms with van der Waals surface area (Å²) in [7, 11) is 0. The molecule has 0 aliphatic heterocycles. The zero-order valence-corrected chi connectivity index (χ0v) is 10.4. The second kappa shape index (κ2) is 5.27. The zero-order valence-electron chi connectivity index (χ0n) is 10.4. The largest absolute Gasteiger partial charge is 0.396 e. The van der Waals surface area contributed by atoms with Crippen molar-refractivity contribution in [1.29, 1.82) is 0 Å². The van der Waals surface area contributed by atoms with E-state index in [0.29, 0.717) is 29.3 Å². The quantitative estimate of drug-likeness (QED) is 0.905. The highest BCUT2D eigenvalue weighted by molar-refractivity contribution is 5.56. The zero-order chi connectivity index (χ0) is 13.1. The number of nitrogens with zero attached hydrogens (tertiary/aromatic N) is 2. The van der Waals surface area contributed by atoms with E-state index in [1.54, 1.807) is 12.1 Å². The van der Waals surface area contributed by atoms with Crippen LogP contribution in [0.2, 0.25) is 0 Å². The van der Waals surface area contributed by atoms with Crippen LogP contribution < -0.4 is 0 Å². The van der Waals surface area contributed by atoms with Crippen LogP contribution in [-0.2, 0) is 6.42 Å². The number of aliphatic hydroxyl groups is 1. The number of benzene rings is 1. The molecular formula is C13H15FN2O2. The van der Waals surface area contributed by atoms with Crippen molar-refractivity contribution in [3.05, 3.63) is 35.5 Å². The normalized spacial score (nSPS) is 11.2. The molecule has 0 aliphatic rings. The van der Waals surface area contributed by atoms with E-state index < -0.39 is 0 Å². The number of halogens is 1. The first-order chi connectivity index (χ1) is 8.61. The van der Waals surface area contributed by atoms with Crippen LogP contribution in [0.4, 0.5) is 4.39 Å². The lowest BCUT2D eigenvalue weighted by atomic mass is 10.00. The number of rotatable bonds is 4. The summed E-state index contributed by atoms with van der Waals surface area (Å²) < 4.78 is 18.5. The summed E-state index contributed by atoms with van der Waals surface area (Å²) in [5.41, 5.74) is 1.34. The average molecular weight is 250 g/mol. The van der Waals surface area contributed by atoms with Gasteiger partial charge >= 0.3 is 0 Å². The molecular weight excluding hydrogens is 235 g/mol. The molecule has 1 aromatic heterocycles. The summed E-state index contributed by atoms with van der Waals surface area (Å²) >= 11 is 0. The van der Waals surface area contributed by atoms with Crippen LogP contribution in [0.3, 0.4) is 0 Å². The van der Waals surface area contributed by atoms with Crippen LogP contribution >= 0.6 is 0 Å². The maximum atomic E-state index is 13.6. The molecule has 0 atom stereocenters. The number of hydrogen-bond donors (Lipinski definition) is 1. The Labute approximate surface area is 104 Å². The van der Waals surface area contributed by atoms with E-state index in [2.05, 4.69) is 10.1 Å². The SMILES string of the molecule is CC(C)c1cc(-c2noc(CCO)n2)ccc1F. The maximum Gasteiger partial charge on any atom is 0.229 e. The second-order valence-corrected chi connectivity index (χ2v) is 4.38. The predicted molar refractivity (Wildman–Crippen MR) is 64.6 cm³/mol. The van der Waals surface area contributed by atoms with Gasteiger partial charge in [-0.1, -0.05) is 19.0 Å². The Kier molecular flexibility index (Phi) is 3.72. The van der Waals surface area contributed by atoms with Crippen LogP contribution in [0, 0.1) is 5.82 Å². The van der Waals surface area contributed by atoms with Crippen LogP contribution in [-0.4, -0.2) is 21.9 Å². The lowest BCUT2D eigenvalue weighted by molar-refractivity contribution is 0.274. The van der Waals surface area contributed by atoms with Crippen molar-refractivity contribution in [3.8, 4) is 11.4 Å². The van der Waals surface area contributed by atoms with Crippen LogP contribution in [0.1, 0.15) is 31.2 Å². The Bertz CT molecular complexity index is 538. The van der Waals surface area contributed by atoms with Gasteiger partial charge in [0.15, 0.2) is 0 Å². The third kappa shape index (κ3) is 2.56. The van der Waals surface area contributed by atoms with Gasteiger partial charge in [0, 0.05) is 5.56 Å². The van der Waals surface area contributed by atoms with Crippen LogP contribution in [0.15, 0.2) is 22.7 Å². The fourth-order valence-electron chi connectivity index (χ4n) is 1.69. The highest BCUT2D eigenvalue weighted by atomic mass is 19.1. The van der Waals surface area contributed by atoms with E-state index in [9.17, 15) is 4.39 Å². The smallest absolute Gasteiger partial charge is 0.229 e. The highest BCUT2D eigenvalue weighted by Gasteiger charge is 2.12. The van der Waals surface area contributed by atoms with Crippen molar-refractivity contribution in [2.45, 2.75) is 26.2 Å². The van der Waals surface area contributed by atoms with Gasteiger partial charge in [0.25, 0.3) is 0 Å². The van der Waals surface area contributed by atoms with Gasteiger partial charge in [-0.05, 0) is 29.7 Å². The highest BCUT2D eigenvalue weighted by Crippen LogP contribution is 2.24. The maximum absolute atomic E-state index is 13.6. The Morgan fingerprint density at radius 3 is 2.83 bits per heavy atom. The topological polar surface area (TPSA) is 59.2 Å². The van der Waals surface area contributed by atoms with Crippen molar-refractivity contribution < 1.29 is 14.0 Å². The van der Waals surface area contributed by atoms with Crippen LogP contribution in [0.25, 0.3) is 11.4 Å². The average Bonchev–Trinajstić information content (AvgIpc) is 2.78. The molecule has 0 radical (unpaired) electrons. The minimum Gasteiger partial charge on any atom is -0.396 e. The molecule has 2 aromatic rings. The number of aliphatic hydroxyl groups excluding tert-OH is 1. The van der Waals surface area contributed by atoms with Gasteiger partial charge in [0.1, 0.15) is 5.82 Å². The Balaban J connectivity index is 2.35. The van der Waals surface area contributed by atoms with Gasteiger partial charge in [-0.2, -0.15) is 4.98 Å². The second-order valence-electron chi connectivity index (χ2n) is 4.38. The van der Waals surface area contributed by atoms with E-state index in [0.717, 1.165) is 0 Å². The van der Waals surface area contributed by atoms with Gasteiger partial charge in [-0.25, -0.2) is 4.39 Å². The van der Waals surface area contributed by atoms with E-state index in [1.807, 2.05) is 13.8 Å². The molecule has 4 nitrogen and oxygen atoms in total. The van der Waals surface area contributed by atoms with Gasteiger partial charge in [-0.15, -0.1) is 0 Å². The molecule has 2 rings (SSSR count). The monoisotopic (exact) mass is 250 g/mol. The number of aromatic nitrogens is 2. The van der Waals surface area contributed by atoms with Gasteiger partial charge < -0.3 is 9.63 Å². The summed E-state index contributed by atoms with van der Waals surface area (Å²) in [6, 6.07) is 4.76. The molecule has 0 unspecified atom stereocenters. The summed E-state index contributed by atoms with van der Waals surface area (Å²) in [6.45, 7) is 3.81. The van der Waals surface area contributed by atoms with Crippen molar-refractivity contribution in [3.63, 3.8) is 0 Å². The van der Waals surface area contributed by atoms with Gasteiger partial charge in [0.2, 0.25) is 11.7 Å². The third-order valence-electron chi connectivity index (χ3n) is 2.67. The van der Waals surface area contributed by atoms with Crippen molar-refractivity contribution in [1.82, 2.24) is 10.1 Å². The fourth-order valence-corrected chi connectivity index (χ4v) is 1.69. The molecule has 5 heteroatoms. The fraction of sp³-hybridized carbons (Fsp3) is 0.385. The molecule has 0 aliphatic carbocycles. The first kappa shape index (κ1) is 12.7. The molecule has 0 saturated carbocycles. The van der Waals surface area contributed by atoms with Gasteiger partial charge in [0.05, 0.1) is 13.0 Å². The Hall–Kier alpha value is -1.75. The molecule has 1 aromatic carbocycles. The van der Waals surface area contributed by atoms with Gasteiger partial charge in [-0.3, -0.25) is 0 Å². The lowest BCUT2D eigenvalue weighted by Crippen LogP contribution is -1.94. The minimum atomic E-state index is -0.229. The minimum absolute atomic E-state index is 0.0394. The van der Waals surface area contributed by atoms with Crippen molar-refractivity contribution in [2.24, 2.45) is 0 Å². The summed E-state index contributed by atoms with van der Waals surface area (Å²) in [5, 5.41) is 12.6. The first-order valence-electron chi connectivity index (χ1n) is 5.85. The van der Waals surface area contributed by atoms with Crippen molar-refractivity contribution in [2.75, 3.05) is 6.61 Å². The molecule has 96 valence electrons. The van der Waals surface area contributed by atoms with Crippen molar-refractivity contribution >= 4 is 0 Å².